The predicted octanol–water partition coefficient (Wildman–Crippen LogP) is 3.28. The first-order valence-corrected chi connectivity index (χ1v) is 7.31. The lowest BCUT2D eigenvalue weighted by Gasteiger charge is -2.11. The van der Waals surface area contributed by atoms with Gasteiger partial charge in [-0.3, -0.25) is 9.59 Å². The molecule has 2 aromatic carbocycles. The van der Waals surface area contributed by atoms with E-state index in [0.717, 1.165) is 11.1 Å². The number of carbonyl (C=O) groups is 2. The molecule has 0 aliphatic heterocycles. The lowest BCUT2D eigenvalue weighted by molar-refractivity contribution is -0.118. The summed E-state index contributed by atoms with van der Waals surface area (Å²) in [4.78, 5) is 23.1. The molecule has 2 rings (SSSR count). The Morgan fingerprint density at radius 2 is 1.70 bits per heavy atom. The van der Waals surface area contributed by atoms with Crippen molar-refractivity contribution in [2.45, 2.75) is 20.8 Å². The minimum atomic E-state index is -0.261. The summed E-state index contributed by atoms with van der Waals surface area (Å²) in [5.41, 5.74) is 3.34. The number of hydrogen-bond acceptors (Lipinski definition) is 3. The van der Waals surface area contributed by atoms with Crippen LogP contribution >= 0.6 is 0 Å². The van der Waals surface area contributed by atoms with Gasteiger partial charge in [0.05, 0.1) is 0 Å². The van der Waals surface area contributed by atoms with Crippen molar-refractivity contribution in [3.05, 3.63) is 53.6 Å². The fourth-order valence-corrected chi connectivity index (χ4v) is 2.00. The number of anilines is 2. The molecule has 0 fully saturated rings. The lowest BCUT2D eigenvalue weighted by Crippen LogP contribution is -2.20. The largest absolute Gasteiger partial charge is 0.484 e. The van der Waals surface area contributed by atoms with Crippen LogP contribution in [0.1, 0.15) is 18.1 Å². The molecule has 120 valence electrons. The van der Waals surface area contributed by atoms with Crippen LogP contribution in [0.15, 0.2) is 42.5 Å². The quantitative estimate of drug-likeness (QED) is 0.890. The smallest absolute Gasteiger partial charge is 0.262 e. The van der Waals surface area contributed by atoms with E-state index in [0.29, 0.717) is 17.1 Å². The molecule has 5 heteroatoms. The molecular formula is C18H20N2O3. The number of nitrogens with one attached hydrogen (secondary N) is 2. The zero-order valence-electron chi connectivity index (χ0n) is 13.5. The average molecular weight is 312 g/mol. The van der Waals surface area contributed by atoms with Gasteiger partial charge >= 0.3 is 0 Å². The van der Waals surface area contributed by atoms with Crippen molar-refractivity contribution in [1.29, 1.82) is 0 Å². The highest BCUT2D eigenvalue weighted by Crippen LogP contribution is 2.20. The lowest BCUT2D eigenvalue weighted by atomic mass is 10.1. The number of rotatable bonds is 5. The molecule has 0 spiro atoms. The Kier molecular flexibility index (Phi) is 5.36. The Hall–Kier alpha value is -2.82. The summed E-state index contributed by atoms with van der Waals surface area (Å²) in [7, 11) is 0. The van der Waals surface area contributed by atoms with Crippen LogP contribution < -0.4 is 15.4 Å². The molecule has 0 aliphatic rings. The maximum atomic E-state index is 11.9. The number of benzene rings is 2. The van der Waals surface area contributed by atoms with Crippen molar-refractivity contribution in [1.82, 2.24) is 0 Å². The first-order valence-electron chi connectivity index (χ1n) is 7.31. The van der Waals surface area contributed by atoms with Crippen LogP contribution in [-0.4, -0.2) is 18.4 Å². The molecular weight excluding hydrogens is 292 g/mol. The molecule has 2 N–H and O–H groups in total. The number of carbonyl (C=O) groups excluding carboxylic acids is 2. The van der Waals surface area contributed by atoms with Crippen molar-refractivity contribution in [3.8, 4) is 5.75 Å². The van der Waals surface area contributed by atoms with Gasteiger partial charge in [0.25, 0.3) is 5.91 Å². The summed E-state index contributed by atoms with van der Waals surface area (Å²) in [5, 5.41) is 5.48. The van der Waals surface area contributed by atoms with Crippen LogP contribution in [0.4, 0.5) is 11.4 Å². The predicted molar refractivity (Wildman–Crippen MR) is 90.8 cm³/mol. The maximum absolute atomic E-state index is 11.9. The van der Waals surface area contributed by atoms with Gasteiger partial charge < -0.3 is 15.4 Å². The van der Waals surface area contributed by atoms with Gasteiger partial charge in [0, 0.05) is 18.3 Å². The highest BCUT2D eigenvalue weighted by Gasteiger charge is 2.07. The Morgan fingerprint density at radius 3 is 2.35 bits per heavy atom. The van der Waals surface area contributed by atoms with Crippen molar-refractivity contribution in [2.24, 2.45) is 0 Å². The van der Waals surface area contributed by atoms with Crippen LogP contribution in [0.2, 0.25) is 0 Å². The minimum Gasteiger partial charge on any atom is -0.484 e. The first-order chi connectivity index (χ1) is 10.9. The van der Waals surface area contributed by atoms with Crippen LogP contribution in [0.25, 0.3) is 0 Å². The van der Waals surface area contributed by atoms with Gasteiger partial charge in [-0.15, -0.1) is 0 Å². The van der Waals surface area contributed by atoms with Gasteiger partial charge in [-0.05, 0) is 43.7 Å². The molecule has 0 saturated heterocycles. The van der Waals surface area contributed by atoms with Crippen molar-refractivity contribution in [2.75, 3.05) is 17.2 Å². The summed E-state index contributed by atoms with van der Waals surface area (Å²) in [5.74, 6) is 0.232. The molecule has 0 aliphatic carbocycles. The molecule has 0 heterocycles. The number of aryl methyl sites for hydroxylation is 2. The summed E-state index contributed by atoms with van der Waals surface area (Å²) in [6.07, 6.45) is 0. The first kappa shape index (κ1) is 16.5. The van der Waals surface area contributed by atoms with Gasteiger partial charge in [0.15, 0.2) is 6.61 Å². The van der Waals surface area contributed by atoms with Crippen LogP contribution in [0, 0.1) is 13.8 Å². The van der Waals surface area contributed by atoms with E-state index >= 15 is 0 Å². The van der Waals surface area contributed by atoms with Crippen molar-refractivity contribution < 1.29 is 14.3 Å². The summed E-state index contributed by atoms with van der Waals surface area (Å²) < 4.78 is 5.43. The second-order valence-corrected chi connectivity index (χ2v) is 5.36. The number of amides is 2. The number of ether oxygens (including phenoxy) is 1. The van der Waals surface area contributed by atoms with Crippen molar-refractivity contribution in [3.63, 3.8) is 0 Å². The highest BCUT2D eigenvalue weighted by atomic mass is 16.5. The van der Waals surface area contributed by atoms with Gasteiger partial charge in [-0.25, -0.2) is 0 Å². The van der Waals surface area contributed by atoms with Gasteiger partial charge in [-0.2, -0.15) is 0 Å². The minimum absolute atomic E-state index is 0.0770. The van der Waals surface area contributed by atoms with E-state index in [9.17, 15) is 9.59 Å². The SMILES string of the molecule is CC(=O)Nc1cc(NC(=O)COc2ccc(C)cc2)ccc1C. The molecule has 2 amide bonds. The van der Waals surface area contributed by atoms with E-state index < -0.39 is 0 Å². The molecule has 2 aromatic rings. The Labute approximate surface area is 135 Å². The van der Waals surface area contributed by atoms with Gasteiger partial charge in [-0.1, -0.05) is 23.8 Å². The standard InChI is InChI=1S/C18H20N2O3/c1-12-4-8-16(9-5-12)23-11-18(22)20-15-7-6-13(2)17(10-15)19-14(3)21/h4-10H,11H2,1-3H3,(H,19,21)(H,20,22). The molecule has 0 saturated carbocycles. The third-order valence-electron chi connectivity index (χ3n) is 3.22. The molecule has 5 nitrogen and oxygen atoms in total. The summed E-state index contributed by atoms with van der Waals surface area (Å²) in [6, 6.07) is 12.8. The zero-order valence-corrected chi connectivity index (χ0v) is 13.5. The van der Waals surface area contributed by atoms with Gasteiger partial charge in [0.2, 0.25) is 5.91 Å². The Morgan fingerprint density at radius 1 is 1.00 bits per heavy atom. The normalized spacial score (nSPS) is 10.0. The second-order valence-electron chi connectivity index (χ2n) is 5.36. The van der Waals surface area contributed by atoms with E-state index in [-0.39, 0.29) is 18.4 Å². The van der Waals surface area contributed by atoms with Crippen LogP contribution in [0.5, 0.6) is 5.75 Å². The average Bonchev–Trinajstić information content (AvgIpc) is 2.49. The fourth-order valence-electron chi connectivity index (χ4n) is 2.00. The highest BCUT2D eigenvalue weighted by molar-refractivity contribution is 5.94. The molecule has 0 atom stereocenters. The Bertz CT molecular complexity index is 709. The van der Waals surface area contributed by atoms with Crippen LogP contribution in [-0.2, 0) is 9.59 Å². The monoisotopic (exact) mass is 312 g/mol. The topological polar surface area (TPSA) is 67.4 Å². The summed E-state index contributed by atoms with van der Waals surface area (Å²) in [6.45, 7) is 5.24. The molecule has 0 aromatic heterocycles. The molecule has 23 heavy (non-hydrogen) atoms. The third-order valence-corrected chi connectivity index (χ3v) is 3.22. The van der Waals surface area contributed by atoms with Crippen molar-refractivity contribution >= 4 is 23.2 Å². The second kappa shape index (κ2) is 7.45. The third kappa shape index (κ3) is 5.14. The van der Waals surface area contributed by atoms with Crippen LogP contribution in [0.3, 0.4) is 0 Å². The van der Waals surface area contributed by atoms with E-state index in [1.54, 1.807) is 12.1 Å². The fraction of sp³-hybridized carbons (Fsp3) is 0.222. The van der Waals surface area contributed by atoms with Gasteiger partial charge in [0.1, 0.15) is 5.75 Å². The molecule has 0 bridgehead atoms. The molecule has 0 unspecified atom stereocenters. The van der Waals surface area contributed by atoms with E-state index in [4.69, 9.17) is 4.74 Å². The zero-order chi connectivity index (χ0) is 16.8. The number of hydrogen-bond donors (Lipinski definition) is 2. The Balaban J connectivity index is 1.94. The van der Waals surface area contributed by atoms with E-state index in [2.05, 4.69) is 10.6 Å². The molecule has 0 radical (unpaired) electrons. The summed E-state index contributed by atoms with van der Waals surface area (Å²) >= 11 is 0. The maximum Gasteiger partial charge on any atom is 0.262 e. The van der Waals surface area contributed by atoms with E-state index in [1.807, 2.05) is 44.2 Å². The van der Waals surface area contributed by atoms with E-state index in [1.165, 1.54) is 6.92 Å².